The van der Waals surface area contributed by atoms with E-state index >= 15 is 0 Å². The minimum atomic E-state index is -2.43. The molecule has 1 aliphatic carbocycles. The van der Waals surface area contributed by atoms with Crippen molar-refractivity contribution < 1.29 is 8.78 Å². The van der Waals surface area contributed by atoms with E-state index in [1.165, 1.54) is 5.56 Å². The Labute approximate surface area is 112 Å². The lowest BCUT2D eigenvalue weighted by Crippen LogP contribution is -2.28. The molecular weight excluding hydrogens is 246 g/mol. The van der Waals surface area contributed by atoms with Crippen molar-refractivity contribution in [3.63, 3.8) is 0 Å². The van der Waals surface area contributed by atoms with Gasteiger partial charge in [0.1, 0.15) is 5.82 Å². The van der Waals surface area contributed by atoms with Crippen molar-refractivity contribution in [1.29, 1.82) is 0 Å². The first kappa shape index (κ1) is 12.6. The van der Waals surface area contributed by atoms with Crippen LogP contribution in [0.2, 0.25) is 0 Å². The lowest BCUT2D eigenvalue weighted by atomic mass is 10.1. The van der Waals surface area contributed by atoms with Crippen LogP contribution in [-0.2, 0) is 6.42 Å². The van der Waals surface area contributed by atoms with E-state index in [0.717, 1.165) is 24.4 Å². The number of hydrogen-bond donors (Lipinski definition) is 0. The molecule has 4 heteroatoms. The van der Waals surface area contributed by atoms with Crippen LogP contribution in [0.4, 0.5) is 14.6 Å². The van der Waals surface area contributed by atoms with Gasteiger partial charge in [-0.2, -0.15) is 0 Å². The summed E-state index contributed by atoms with van der Waals surface area (Å²) in [5.41, 5.74) is 2.06. The second-order valence-corrected chi connectivity index (χ2v) is 5.46. The molecule has 19 heavy (non-hydrogen) atoms. The molecule has 2 aliphatic rings. The predicted octanol–water partition coefficient (Wildman–Crippen LogP) is 3.38. The van der Waals surface area contributed by atoms with Crippen LogP contribution in [0.15, 0.2) is 18.7 Å². The van der Waals surface area contributed by atoms with Crippen LogP contribution >= 0.6 is 0 Å². The molecule has 2 atom stereocenters. The van der Waals surface area contributed by atoms with Gasteiger partial charge in [-0.15, -0.1) is 0 Å². The van der Waals surface area contributed by atoms with E-state index in [4.69, 9.17) is 0 Å². The van der Waals surface area contributed by atoms with Gasteiger partial charge >= 0.3 is 0 Å². The second kappa shape index (κ2) is 4.29. The highest BCUT2D eigenvalue weighted by Crippen LogP contribution is 2.59. The molecule has 0 N–H and O–H groups in total. The first-order chi connectivity index (χ1) is 9.07. The molecule has 102 valence electrons. The Morgan fingerprint density at radius 2 is 2.11 bits per heavy atom. The maximum atomic E-state index is 13.2. The van der Waals surface area contributed by atoms with Crippen LogP contribution in [0.1, 0.15) is 24.6 Å². The van der Waals surface area contributed by atoms with E-state index in [1.54, 1.807) is 6.08 Å². The summed E-state index contributed by atoms with van der Waals surface area (Å²) in [7, 11) is 0. The minimum absolute atomic E-state index is 0.425. The normalized spacial score (nSPS) is 27.2. The van der Waals surface area contributed by atoms with Gasteiger partial charge in [-0.3, -0.25) is 0 Å². The zero-order valence-electron chi connectivity index (χ0n) is 11.1. The molecule has 0 spiro atoms. The van der Waals surface area contributed by atoms with Gasteiger partial charge in [-0.1, -0.05) is 26.0 Å². The molecule has 0 bridgehead atoms. The molecule has 2 fully saturated rings. The number of halogens is 2. The predicted molar refractivity (Wildman–Crippen MR) is 72.5 cm³/mol. The SMILES string of the molecule is C=Cc1nc(N2CC3C(C2)C3(F)F)ccc1CCC. The first-order valence-electron chi connectivity index (χ1n) is 6.83. The number of aromatic nitrogens is 1. The number of hydrogen-bond acceptors (Lipinski definition) is 2. The molecular formula is C15H18F2N2. The fourth-order valence-corrected chi connectivity index (χ4v) is 3.02. The Balaban J connectivity index is 1.78. The van der Waals surface area contributed by atoms with Gasteiger partial charge < -0.3 is 4.90 Å². The van der Waals surface area contributed by atoms with Crippen LogP contribution < -0.4 is 4.90 Å². The number of fused-ring (bicyclic) bond motifs is 1. The number of aryl methyl sites for hydroxylation is 1. The smallest absolute Gasteiger partial charge is 0.258 e. The van der Waals surface area contributed by atoms with E-state index < -0.39 is 17.8 Å². The highest BCUT2D eigenvalue weighted by molar-refractivity contribution is 5.54. The van der Waals surface area contributed by atoms with Crippen molar-refractivity contribution in [3.8, 4) is 0 Å². The minimum Gasteiger partial charge on any atom is -0.356 e. The number of anilines is 1. The van der Waals surface area contributed by atoms with E-state index in [2.05, 4.69) is 18.5 Å². The number of rotatable bonds is 4. The van der Waals surface area contributed by atoms with Gasteiger partial charge in [-0.05, 0) is 24.1 Å². The Kier molecular flexibility index (Phi) is 2.84. The van der Waals surface area contributed by atoms with Gasteiger partial charge in [0.25, 0.3) is 5.92 Å². The highest BCUT2D eigenvalue weighted by atomic mass is 19.3. The molecule has 2 heterocycles. The third-order valence-electron chi connectivity index (χ3n) is 4.23. The Morgan fingerprint density at radius 1 is 1.42 bits per heavy atom. The van der Waals surface area contributed by atoms with Crippen LogP contribution in [0.5, 0.6) is 0 Å². The molecule has 1 saturated heterocycles. The second-order valence-electron chi connectivity index (χ2n) is 5.46. The zero-order chi connectivity index (χ0) is 13.6. The van der Waals surface area contributed by atoms with E-state index in [1.807, 2.05) is 17.0 Å². The van der Waals surface area contributed by atoms with Crippen molar-refractivity contribution in [3.05, 3.63) is 30.0 Å². The number of nitrogens with zero attached hydrogens (tertiary/aromatic N) is 2. The summed E-state index contributed by atoms with van der Waals surface area (Å²) in [4.78, 5) is 6.53. The number of alkyl halides is 2. The van der Waals surface area contributed by atoms with Crippen molar-refractivity contribution in [2.24, 2.45) is 11.8 Å². The maximum absolute atomic E-state index is 13.2. The van der Waals surface area contributed by atoms with Gasteiger partial charge in [0, 0.05) is 13.1 Å². The molecule has 1 aromatic heterocycles. The monoisotopic (exact) mass is 264 g/mol. The molecule has 0 aromatic carbocycles. The van der Waals surface area contributed by atoms with Crippen LogP contribution in [0.3, 0.4) is 0 Å². The quantitative estimate of drug-likeness (QED) is 0.828. The van der Waals surface area contributed by atoms with Gasteiger partial charge in [0.15, 0.2) is 0 Å². The third kappa shape index (κ3) is 1.94. The maximum Gasteiger partial charge on any atom is 0.258 e. The van der Waals surface area contributed by atoms with Crippen LogP contribution in [0, 0.1) is 11.8 Å². The summed E-state index contributed by atoms with van der Waals surface area (Å²) in [5.74, 6) is -2.55. The van der Waals surface area contributed by atoms with Crippen molar-refractivity contribution in [2.45, 2.75) is 25.7 Å². The summed E-state index contributed by atoms with van der Waals surface area (Å²) < 4.78 is 26.4. The van der Waals surface area contributed by atoms with Crippen molar-refractivity contribution in [2.75, 3.05) is 18.0 Å². The topological polar surface area (TPSA) is 16.1 Å². The fourth-order valence-electron chi connectivity index (χ4n) is 3.02. The molecule has 1 aliphatic heterocycles. The largest absolute Gasteiger partial charge is 0.356 e. The van der Waals surface area contributed by atoms with Crippen LogP contribution in [0.25, 0.3) is 6.08 Å². The third-order valence-corrected chi connectivity index (χ3v) is 4.23. The van der Waals surface area contributed by atoms with Gasteiger partial charge in [0.05, 0.1) is 17.5 Å². The average molecular weight is 264 g/mol. The van der Waals surface area contributed by atoms with Gasteiger partial charge in [-0.25, -0.2) is 13.8 Å². The molecule has 0 amide bonds. The first-order valence-corrected chi connectivity index (χ1v) is 6.83. The summed E-state index contributed by atoms with van der Waals surface area (Å²) in [6.45, 7) is 6.76. The zero-order valence-corrected chi connectivity index (χ0v) is 11.1. The summed E-state index contributed by atoms with van der Waals surface area (Å²) in [6.07, 6.45) is 3.78. The average Bonchev–Trinajstić information content (AvgIpc) is 2.81. The van der Waals surface area contributed by atoms with Crippen LogP contribution in [-0.4, -0.2) is 24.0 Å². The fraction of sp³-hybridized carbons (Fsp3) is 0.533. The molecule has 1 saturated carbocycles. The lowest BCUT2D eigenvalue weighted by molar-refractivity contribution is 0.0797. The number of piperidine rings is 1. The summed E-state index contributed by atoms with van der Waals surface area (Å²) >= 11 is 0. The van der Waals surface area contributed by atoms with Crippen molar-refractivity contribution >= 4 is 11.9 Å². The van der Waals surface area contributed by atoms with E-state index in [-0.39, 0.29) is 0 Å². The van der Waals surface area contributed by atoms with Crippen molar-refractivity contribution in [1.82, 2.24) is 4.98 Å². The molecule has 2 nitrogen and oxygen atoms in total. The highest BCUT2D eigenvalue weighted by Gasteiger charge is 2.71. The van der Waals surface area contributed by atoms with E-state index in [0.29, 0.717) is 13.1 Å². The van der Waals surface area contributed by atoms with E-state index in [9.17, 15) is 8.78 Å². The Hall–Kier alpha value is -1.45. The molecule has 3 rings (SSSR count). The molecule has 2 unspecified atom stereocenters. The molecule has 0 radical (unpaired) electrons. The Morgan fingerprint density at radius 3 is 2.68 bits per heavy atom. The number of pyridine rings is 1. The summed E-state index contributed by atoms with van der Waals surface area (Å²) in [6, 6.07) is 3.99. The molecule has 1 aromatic rings. The standard InChI is InChI=1S/C15H18F2N2/c1-3-5-10-6-7-14(18-13(10)4-2)19-8-11-12(9-19)15(11,16)17/h4,6-7,11-12H,2-3,5,8-9H2,1H3. The Bertz CT molecular complexity index is 499. The van der Waals surface area contributed by atoms with Gasteiger partial charge in [0.2, 0.25) is 0 Å². The summed E-state index contributed by atoms with van der Waals surface area (Å²) in [5, 5.41) is 0. The lowest BCUT2D eigenvalue weighted by Gasteiger charge is -2.21.